The Labute approximate surface area is 182 Å². The second kappa shape index (κ2) is 9.88. The van der Waals surface area contributed by atoms with Gasteiger partial charge in [0.25, 0.3) is 0 Å². The molecule has 0 aliphatic heterocycles. The highest BCUT2D eigenvalue weighted by Crippen LogP contribution is 2.35. The molecule has 0 bridgehead atoms. The molecule has 170 valence electrons. The zero-order chi connectivity index (χ0) is 22.6. The van der Waals surface area contributed by atoms with Gasteiger partial charge in [-0.15, -0.1) is 0 Å². The van der Waals surface area contributed by atoms with E-state index in [0.29, 0.717) is 30.9 Å². The molecule has 0 radical (unpaired) electrons. The average molecular weight is 436 g/mol. The first-order valence-electron chi connectivity index (χ1n) is 11.3. The van der Waals surface area contributed by atoms with Crippen molar-refractivity contribution in [1.29, 1.82) is 0 Å². The Morgan fingerprint density at radius 1 is 1.06 bits per heavy atom. The molecule has 1 N–H and O–H groups in total. The quantitative estimate of drug-likeness (QED) is 0.546. The molecule has 1 aromatic heterocycles. The molecule has 0 saturated carbocycles. The van der Waals surface area contributed by atoms with Gasteiger partial charge in [0.15, 0.2) is 5.69 Å². The van der Waals surface area contributed by atoms with Gasteiger partial charge in [-0.1, -0.05) is 51.5 Å². The van der Waals surface area contributed by atoms with Gasteiger partial charge >= 0.3 is 6.18 Å². The number of carbonyl (C=O) groups is 1. The molecule has 0 fully saturated rings. The summed E-state index contributed by atoms with van der Waals surface area (Å²) in [6.07, 6.45) is 0.575. The summed E-state index contributed by atoms with van der Waals surface area (Å²) in [4.78, 5) is 12.8. The highest BCUT2D eigenvalue weighted by atomic mass is 19.4. The molecule has 0 saturated heterocycles. The van der Waals surface area contributed by atoms with Crippen LogP contribution in [0.25, 0.3) is 0 Å². The number of fused-ring (bicyclic) bond motifs is 1. The summed E-state index contributed by atoms with van der Waals surface area (Å²) in [5.74, 6) is 0.155. The second-order valence-corrected chi connectivity index (χ2v) is 8.49. The van der Waals surface area contributed by atoms with Crippen molar-refractivity contribution in [2.45, 2.75) is 90.4 Å². The minimum Gasteiger partial charge on any atom is -0.348 e. The van der Waals surface area contributed by atoms with Crippen LogP contribution in [-0.4, -0.2) is 15.7 Å². The molecular weight excluding hydrogens is 403 g/mol. The monoisotopic (exact) mass is 435 g/mol. The minimum absolute atomic E-state index is 0.185. The molecule has 2 atom stereocenters. The molecule has 1 aromatic carbocycles. The lowest BCUT2D eigenvalue weighted by molar-refractivity contribution is -0.142. The molecule has 1 heterocycles. The Kier molecular flexibility index (Phi) is 7.44. The zero-order valence-electron chi connectivity index (χ0n) is 18.6. The molecule has 4 nitrogen and oxygen atoms in total. The smallest absolute Gasteiger partial charge is 0.348 e. The topological polar surface area (TPSA) is 46.9 Å². The SMILES string of the molecule is CCC(C)c1ccc(C(CC)NC(=O)Cn2nc(C(F)(F)F)c3c2CCCCC3)cc1. The van der Waals surface area contributed by atoms with Gasteiger partial charge in [0, 0.05) is 11.3 Å². The van der Waals surface area contributed by atoms with E-state index in [9.17, 15) is 18.0 Å². The fourth-order valence-corrected chi connectivity index (χ4v) is 4.30. The largest absolute Gasteiger partial charge is 0.435 e. The van der Waals surface area contributed by atoms with E-state index in [4.69, 9.17) is 0 Å². The van der Waals surface area contributed by atoms with Crippen LogP contribution in [-0.2, 0) is 30.4 Å². The van der Waals surface area contributed by atoms with Crippen molar-refractivity contribution in [3.05, 3.63) is 52.3 Å². The lowest BCUT2D eigenvalue weighted by Crippen LogP contribution is -2.32. The lowest BCUT2D eigenvalue weighted by Gasteiger charge is -2.19. The highest BCUT2D eigenvalue weighted by Gasteiger charge is 2.39. The number of amides is 1. The predicted octanol–water partition coefficient (Wildman–Crippen LogP) is 5.95. The number of nitrogens with zero attached hydrogens (tertiary/aromatic N) is 2. The Morgan fingerprint density at radius 3 is 2.32 bits per heavy atom. The summed E-state index contributed by atoms with van der Waals surface area (Å²) in [7, 11) is 0. The molecule has 2 aromatic rings. The highest BCUT2D eigenvalue weighted by molar-refractivity contribution is 5.76. The third-order valence-electron chi connectivity index (χ3n) is 6.33. The maximum atomic E-state index is 13.5. The maximum absolute atomic E-state index is 13.5. The van der Waals surface area contributed by atoms with Crippen LogP contribution in [0.4, 0.5) is 13.2 Å². The van der Waals surface area contributed by atoms with Crippen molar-refractivity contribution in [2.75, 3.05) is 0 Å². The maximum Gasteiger partial charge on any atom is 0.435 e. The van der Waals surface area contributed by atoms with E-state index in [1.54, 1.807) is 0 Å². The molecular formula is C24H32F3N3O. The van der Waals surface area contributed by atoms with Crippen molar-refractivity contribution in [2.24, 2.45) is 0 Å². The molecule has 2 unspecified atom stereocenters. The van der Waals surface area contributed by atoms with Crippen LogP contribution in [0.3, 0.4) is 0 Å². The average Bonchev–Trinajstić information content (AvgIpc) is 2.92. The van der Waals surface area contributed by atoms with Gasteiger partial charge in [-0.25, -0.2) is 0 Å². The molecule has 1 aliphatic carbocycles. The van der Waals surface area contributed by atoms with Crippen molar-refractivity contribution in [3.8, 4) is 0 Å². The third kappa shape index (κ3) is 5.49. The Morgan fingerprint density at radius 2 is 1.71 bits per heavy atom. The number of alkyl halides is 3. The summed E-state index contributed by atoms with van der Waals surface area (Å²) in [6, 6.07) is 8.03. The van der Waals surface area contributed by atoms with E-state index in [2.05, 4.69) is 36.4 Å². The summed E-state index contributed by atoms with van der Waals surface area (Å²) in [5.41, 5.74) is 2.26. The summed E-state index contributed by atoms with van der Waals surface area (Å²) >= 11 is 0. The predicted molar refractivity (Wildman–Crippen MR) is 115 cm³/mol. The number of hydrogen-bond donors (Lipinski definition) is 1. The lowest BCUT2D eigenvalue weighted by atomic mass is 9.95. The first-order valence-corrected chi connectivity index (χ1v) is 11.3. The summed E-state index contributed by atoms with van der Waals surface area (Å²) in [5, 5.41) is 6.81. The fraction of sp³-hybridized carbons (Fsp3) is 0.583. The van der Waals surface area contributed by atoms with Gasteiger partial charge in [-0.3, -0.25) is 9.48 Å². The van der Waals surface area contributed by atoms with Gasteiger partial charge in [0.2, 0.25) is 5.91 Å². The van der Waals surface area contributed by atoms with E-state index in [1.165, 1.54) is 10.2 Å². The van der Waals surface area contributed by atoms with E-state index in [-0.39, 0.29) is 24.1 Å². The number of hydrogen-bond acceptors (Lipinski definition) is 2. The molecule has 31 heavy (non-hydrogen) atoms. The van der Waals surface area contributed by atoms with E-state index in [1.807, 2.05) is 19.1 Å². The standard InChI is InChI=1S/C24H32F3N3O/c1-4-16(3)17-11-13-18(14-12-17)20(5-2)28-22(31)15-30-21-10-8-6-7-9-19(21)23(29-30)24(25,26)27/h11-14,16,20H,4-10,15H2,1-3H3,(H,28,31). The first-order chi connectivity index (χ1) is 14.7. The van der Waals surface area contributed by atoms with Crippen LogP contribution < -0.4 is 5.32 Å². The number of rotatable bonds is 7. The van der Waals surface area contributed by atoms with Crippen LogP contribution in [0.2, 0.25) is 0 Å². The van der Waals surface area contributed by atoms with Crippen molar-refractivity contribution >= 4 is 5.91 Å². The van der Waals surface area contributed by atoms with E-state index < -0.39 is 11.9 Å². The Balaban J connectivity index is 1.76. The third-order valence-corrected chi connectivity index (χ3v) is 6.33. The summed E-state index contributed by atoms with van der Waals surface area (Å²) < 4.78 is 41.7. The van der Waals surface area contributed by atoms with Crippen LogP contribution in [0.5, 0.6) is 0 Å². The van der Waals surface area contributed by atoms with Crippen LogP contribution >= 0.6 is 0 Å². The summed E-state index contributed by atoms with van der Waals surface area (Å²) in [6.45, 7) is 6.11. The van der Waals surface area contributed by atoms with Gasteiger partial charge in [-0.05, 0) is 55.6 Å². The van der Waals surface area contributed by atoms with Gasteiger partial charge in [-0.2, -0.15) is 18.3 Å². The molecule has 0 spiro atoms. The Bertz CT molecular complexity index is 887. The molecule has 1 aliphatic rings. The van der Waals surface area contributed by atoms with Gasteiger partial charge in [0.1, 0.15) is 6.54 Å². The number of aromatic nitrogens is 2. The van der Waals surface area contributed by atoms with E-state index >= 15 is 0 Å². The Hall–Kier alpha value is -2.31. The van der Waals surface area contributed by atoms with E-state index in [0.717, 1.165) is 31.2 Å². The van der Waals surface area contributed by atoms with Crippen molar-refractivity contribution in [1.82, 2.24) is 15.1 Å². The van der Waals surface area contributed by atoms with Crippen molar-refractivity contribution < 1.29 is 18.0 Å². The molecule has 7 heteroatoms. The zero-order valence-corrected chi connectivity index (χ0v) is 18.6. The van der Waals surface area contributed by atoms with Crippen molar-refractivity contribution in [3.63, 3.8) is 0 Å². The molecule has 1 amide bonds. The minimum atomic E-state index is -4.50. The molecule has 3 rings (SSSR count). The van der Waals surface area contributed by atoms with Crippen LogP contribution in [0.15, 0.2) is 24.3 Å². The number of halogens is 3. The number of benzene rings is 1. The van der Waals surface area contributed by atoms with Crippen LogP contribution in [0, 0.1) is 0 Å². The van der Waals surface area contributed by atoms with Gasteiger partial charge in [0.05, 0.1) is 6.04 Å². The fourth-order valence-electron chi connectivity index (χ4n) is 4.30. The second-order valence-electron chi connectivity index (χ2n) is 8.49. The number of carbonyl (C=O) groups excluding carboxylic acids is 1. The first kappa shape index (κ1) is 23.4. The normalized spacial score (nSPS) is 16.3. The number of nitrogens with one attached hydrogen (secondary N) is 1. The van der Waals surface area contributed by atoms with Gasteiger partial charge < -0.3 is 5.32 Å². The van der Waals surface area contributed by atoms with Crippen LogP contribution in [0.1, 0.15) is 92.9 Å².